The van der Waals surface area contributed by atoms with E-state index in [4.69, 9.17) is 10.8 Å². The van der Waals surface area contributed by atoms with Gasteiger partial charge in [-0.25, -0.2) is 13.2 Å². The Labute approximate surface area is 86.7 Å². The van der Waals surface area contributed by atoms with Crippen molar-refractivity contribution < 1.29 is 18.3 Å². The molecule has 2 nitrogen and oxygen atoms in total. The van der Waals surface area contributed by atoms with E-state index in [1.54, 1.807) is 0 Å². The van der Waals surface area contributed by atoms with Gasteiger partial charge in [0.2, 0.25) is 0 Å². The summed E-state index contributed by atoms with van der Waals surface area (Å²) in [6.45, 7) is -0.547. The van der Waals surface area contributed by atoms with Gasteiger partial charge in [0, 0.05) is 5.56 Å². The van der Waals surface area contributed by atoms with Crippen LogP contribution in [0.3, 0.4) is 0 Å². The highest BCUT2D eigenvalue weighted by Crippen LogP contribution is 2.26. The Hall–Kier alpha value is -0.590. The van der Waals surface area contributed by atoms with Gasteiger partial charge in [-0.1, -0.05) is 0 Å². The second kappa shape index (κ2) is 4.29. The minimum atomic E-state index is -1.60. The minimum Gasteiger partial charge on any atom is -0.394 e. The molecule has 3 N–H and O–H groups in total. The number of benzene rings is 1. The van der Waals surface area contributed by atoms with Crippen LogP contribution in [0.5, 0.6) is 0 Å². The van der Waals surface area contributed by atoms with Crippen LogP contribution in [0.4, 0.5) is 13.2 Å². The number of aliphatic hydroxyl groups is 1. The molecular formula is C8H7BrF3NO. The van der Waals surface area contributed by atoms with Crippen molar-refractivity contribution >= 4 is 15.9 Å². The van der Waals surface area contributed by atoms with Crippen molar-refractivity contribution in [3.63, 3.8) is 0 Å². The Morgan fingerprint density at radius 2 is 1.86 bits per heavy atom. The lowest BCUT2D eigenvalue weighted by molar-refractivity contribution is 0.263. The van der Waals surface area contributed by atoms with Crippen LogP contribution in [0.25, 0.3) is 0 Å². The Morgan fingerprint density at radius 3 is 2.36 bits per heavy atom. The second-order valence-electron chi connectivity index (χ2n) is 2.68. The van der Waals surface area contributed by atoms with Crippen LogP contribution in [0.2, 0.25) is 0 Å². The van der Waals surface area contributed by atoms with E-state index >= 15 is 0 Å². The van der Waals surface area contributed by atoms with Crippen LogP contribution in [-0.2, 0) is 0 Å². The van der Waals surface area contributed by atoms with Crippen molar-refractivity contribution in [2.45, 2.75) is 6.04 Å². The summed E-state index contributed by atoms with van der Waals surface area (Å²) in [6, 6.07) is -0.0596. The van der Waals surface area contributed by atoms with Crippen molar-refractivity contribution in [3.8, 4) is 0 Å². The van der Waals surface area contributed by atoms with Gasteiger partial charge in [-0.05, 0) is 22.0 Å². The van der Waals surface area contributed by atoms with Gasteiger partial charge in [0.1, 0.15) is 0 Å². The molecule has 1 atom stereocenters. The molecule has 1 aromatic carbocycles. The maximum absolute atomic E-state index is 13.1. The van der Waals surface area contributed by atoms with Crippen LogP contribution in [0.1, 0.15) is 11.6 Å². The summed E-state index contributed by atoms with van der Waals surface area (Å²) >= 11 is 2.71. The first kappa shape index (κ1) is 11.5. The van der Waals surface area contributed by atoms with Gasteiger partial charge in [-0.15, -0.1) is 0 Å². The Kier molecular flexibility index (Phi) is 3.52. The summed E-state index contributed by atoms with van der Waals surface area (Å²) in [5.41, 5.74) is 5.02. The smallest absolute Gasteiger partial charge is 0.195 e. The maximum Gasteiger partial charge on any atom is 0.195 e. The van der Waals surface area contributed by atoms with Gasteiger partial charge < -0.3 is 10.8 Å². The van der Waals surface area contributed by atoms with Gasteiger partial charge in [0.05, 0.1) is 17.1 Å². The quantitative estimate of drug-likeness (QED) is 0.636. The molecule has 0 radical (unpaired) electrons. The van der Waals surface area contributed by atoms with E-state index in [2.05, 4.69) is 15.9 Å². The summed E-state index contributed by atoms with van der Waals surface area (Å²) in [7, 11) is 0. The summed E-state index contributed by atoms with van der Waals surface area (Å²) < 4.78 is 38.4. The van der Waals surface area contributed by atoms with E-state index in [0.717, 1.165) is 6.07 Å². The van der Waals surface area contributed by atoms with Crippen LogP contribution in [-0.4, -0.2) is 11.7 Å². The maximum atomic E-state index is 13.1. The van der Waals surface area contributed by atoms with Crippen molar-refractivity contribution in [1.82, 2.24) is 0 Å². The number of nitrogens with two attached hydrogens (primary N) is 1. The predicted octanol–water partition coefficient (Wildman–Crippen LogP) is 1.86. The van der Waals surface area contributed by atoms with E-state index in [-0.39, 0.29) is 10.0 Å². The number of hydrogen-bond donors (Lipinski definition) is 2. The third kappa shape index (κ3) is 1.92. The molecule has 1 rings (SSSR count). The zero-order chi connectivity index (χ0) is 10.9. The Bertz CT molecular complexity index is 359. The molecule has 6 heteroatoms. The lowest BCUT2D eigenvalue weighted by Crippen LogP contribution is -2.17. The number of rotatable bonds is 2. The number of halogens is 4. The SMILES string of the molecule is NC(CO)c1cc(Br)c(F)c(F)c1F. The largest absolute Gasteiger partial charge is 0.394 e. The molecular weight excluding hydrogens is 263 g/mol. The highest BCUT2D eigenvalue weighted by Gasteiger charge is 2.20. The standard InChI is InChI=1S/C8H7BrF3NO/c9-4-1-3(5(13)2-14)6(10)8(12)7(4)11/h1,5,14H,2,13H2. The van der Waals surface area contributed by atoms with Crippen molar-refractivity contribution in [2.24, 2.45) is 5.73 Å². The van der Waals surface area contributed by atoms with Crippen LogP contribution in [0, 0.1) is 17.5 Å². The van der Waals surface area contributed by atoms with E-state index in [9.17, 15) is 13.2 Å². The molecule has 14 heavy (non-hydrogen) atoms. The normalized spacial score (nSPS) is 13.0. The zero-order valence-corrected chi connectivity index (χ0v) is 8.48. The molecule has 0 aromatic heterocycles. The van der Waals surface area contributed by atoms with Crippen molar-refractivity contribution in [2.75, 3.05) is 6.61 Å². The average molecular weight is 270 g/mol. The summed E-state index contributed by atoms with van der Waals surface area (Å²) in [5.74, 6) is -4.28. The predicted molar refractivity (Wildman–Crippen MR) is 48.0 cm³/mol. The molecule has 0 bridgehead atoms. The molecule has 0 saturated heterocycles. The fourth-order valence-electron chi connectivity index (χ4n) is 0.959. The van der Waals surface area contributed by atoms with E-state index in [1.165, 1.54) is 0 Å². The van der Waals surface area contributed by atoms with E-state index < -0.39 is 30.1 Å². The van der Waals surface area contributed by atoms with Gasteiger partial charge in [0.15, 0.2) is 17.5 Å². The molecule has 0 aliphatic heterocycles. The minimum absolute atomic E-state index is 0.227. The molecule has 1 aromatic rings. The van der Waals surface area contributed by atoms with Gasteiger partial charge in [-0.2, -0.15) is 0 Å². The summed E-state index contributed by atoms with van der Waals surface area (Å²) in [4.78, 5) is 0. The molecule has 0 heterocycles. The van der Waals surface area contributed by atoms with E-state index in [1.807, 2.05) is 0 Å². The molecule has 0 amide bonds. The number of aliphatic hydroxyl groups excluding tert-OH is 1. The fourth-order valence-corrected chi connectivity index (χ4v) is 1.38. The fraction of sp³-hybridized carbons (Fsp3) is 0.250. The third-order valence-electron chi connectivity index (χ3n) is 1.73. The second-order valence-corrected chi connectivity index (χ2v) is 3.53. The van der Waals surface area contributed by atoms with Crippen LogP contribution in [0.15, 0.2) is 10.5 Å². The van der Waals surface area contributed by atoms with E-state index in [0.29, 0.717) is 0 Å². The average Bonchev–Trinajstić information content (AvgIpc) is 2.19. The van der Waals surface area contributed by atoms with Crippen LogP contribution < -0.4 is 5.73 Å². The van der Waals surface area contributed by atoms with Crippen LogP contribution >= 0.6 is 15.9 Å². The molecule has 0 saturated carbocycles. The van der Waals surface area contributed by atoms with Crippen molar-refractivity contribution in [3.05, 3.63) is 33.6 Å². The highest BCUT2D eigenvalue weighted by molar-refractivity contribution is 9.10. The van der Waals surface area contributed by atoms with Gasteiger partial charge in [-0.3, -0.25) is 0 Å². The number of hydrogen-bond acceptors (Lipinski definition) is 2. The first-order chi connectivity index (χ1) is 6.49. The first-order valence-corrected chi connectivity index (χ1v) is 4.47. The summed E-state index contributed by atoms with van der Waals surface area (Å²) in [5, 5.41) is 8.64. The third-order valence-corrected chi connectivity index (χ3v) is 2.30. The molecule has 0 spiro atoms. The first-order valence-electron chi connectivity index (χ1n) is 3.68. The lowest BCUT2D eigenvalue weighted by atomic mass is 10.1. The molecule has 78 valence electrons. The summed E-state index contributed by atoms with van der Waals surface area (Å²) in [6.07, 6.45) is 0. The Morgan fingerprint density at radius 1 is 1.29 bits per heavy atom. The monoisotopic (exact) mass is 269 g/mol. The van der Waals surface area contributed by atoms with Crippen molar-refractivity contribution in [1.29, 1.82) is 0 Å². The molecule has 0 aliphatic rings. The highest BCUT2D eigenvalue weighted by atomic mass is 79.9. The van der Waals surface area contributed by atoms with Gasteiger partial charge in [0.25, 0.3) is 0 Å². The molecule has 1 unspecified atom stereocenters. The molecule has 0 aliphatic carbocycles. The zero-order valence-electron chi connectivity index (χ0n) is 6.90. The lowest BCUT2D eigenvalue weighted by Gasteiger charge is -2.11. The molecule has 0 fully saturated rings. The topological polar surface area (TPSA) is 46.2 Å². The Balaban J connectivity index is 3.33. The van der Waals surface area contributed by atoms with Gasteiger partial charge >= 0.3 is 0 Å².